The summed E-state index contributed by atoms with van der Waals surface area (Å²) in [5.41, 5.74) is 2.95. The van der Waals surface area contributed by atoms with E-state index >= 15 is 0 Å². The molecule has 4 aromatic heterocycles. The van der Waals surface area contributed by atoms with Crippen molar-refractivity contribution in [2.24, 2.45) is 7.05 Å². The van der Waals surface area contributed by atoms with Gasteiger partial charge in [-0.25, -0.2) is 14.4 Å². The molecule has 1 aliphatic heterocycles. The van der Waals surface area contributed by atoms with Gasteiger partial charge in [-0.1, -0.05) is 6.07 Å². The minimum absolute atomic E-state index is 0.169. The van der Waals surface area contributed by atoms with Crippen molar-refractivity contribution in [1.82, 2.24) is 29.6 Å². The number of aromatic nitrogens is 5. The number of H-pyrrole nitrogens is 1. The molecule has 0 saturated carbocycles. The van der Waals surface area contributed by atoms with E-state index in [9.17, 15) is 9.18 Å². The Morgan fingerprint density at radius 2 is 2.22 bits per heavy atom. The molecule has 1 atom stereocenters. The van der Waals surface area contributed by atoms with Crippen molar-refractivity contribution in [2.45, 2.75) is 12.5 Å². The Morgan fingerprint density at radius 1 is 1.31 bits per heavy atom. The zero-order chi connectivity index (χ0) is 21.8. The maximum Gasteiger partial charge on any atom is 0.266 e. The second-order valence-electron chi connectivity index (χ2n) is 7.65. The highest BCUT2D eigenvalue weighted by Gasteiger charge is 2.37. The maximum absolute atomic E-state index is 14.3. The molecule has 10 heteroatoms. The minimum atomic E-state index is -0.562. The number of amides is 1. The number of fused-ring (bicyclic) bond motifs is 2. The molecule has 32 heavy (non-hydrogen) atoms. The van der Waals surface area contributed by atoms with E-state index in [1.165, 1.54) is 17.4 Å². The number of halogens is 1. The third-order valence-electron chi connectivity index (χ3n) is 5.65. The van der Waals surface area contributed by atoms with Crippen molar-refractivity contribution < 1.29 is 13.6 Å². The third kappa shape index (κ3) is 2.94. The number of carbonyl (C=O) groups excluding carboxylic acids is 1. The summed E-state index contributed by atoms with van der Waals surface area (Å²) in [5, 5.41) is 5.28. The van der Waals surface area contributed by atoms with Gasteiger partial charge in [-0.05, 0) is 18.2 Å². The van der Waals surface area contributed by atoms with Gasteiger partial charge in [0, 0.05) is 37.5 Å². The zero-order valence-corrected chi connectivity index (χ0v) is 17.8. The van der Waals surface area contributed by atoms with Gasteiger partial charge in [0.25, 0.3) is 5.91 Å². The number of furan rings is 1. The smallest absolute Gasteiger partial charge is 0.266 e. The Hall–Kier alpha value is -3.79. The van der Waals surface area contributed by atoms with Crippen molar-refractivity contribution in [2.75, 3.05) is 6.54 Å². The molecule has 0 fully saturated rings. The molecule has 5 aromatic rings. The monoisotopic (exact) mass is 448 g/mol. The molecule has 160 valence electrons. The molecule has 1 aliphatic rings. The van der Waals surface area contributed by atoms with Crippen LogP contribution >= 0.6 is 11.3 Å². The molecular weight excluding hydrogens is 431 g/mol. The molecule has 1 N–H and O–H groups in total. The molecule has 1 aromatic carbocycles. The number of hydrogen-bond donors (Lipinski definition) is 1. The molecule has 0 bridgehead atoms. The number of carbonyl (C=O) groups is 1. The van der Waals surface area contributed by atoms with Gasteiger partial charge in [-0.2, -0.15) is 5.10 Å². The van der Waals surface area contributed by atoms with Crippen LogP contribution in [0.3, 0.4) is 0 Å². The summed E-state index contributed by atoms with van der Waals surface area (Å²) in [6.45, 7) is 0.471. The molecule has 8 nitrogen and oxygen atoms in total. The second kappa shape index (κ2) is 7.13. The van der Waals surface area contributed by atoms with Crippen LogP contribution in [-0.4, -0.2) is 42.1 Å². The minimum Gasteiger partial charge on any atom is -0.458 e. The van der Waals surface area contributed by atoms with Crippen LogP contribution in [0.5, 0.6) is 0 Å². The number of hydrogen-bond acceptors (Lipinski definition) is 6. The summed E-state index contributed by atoms with van der Waals surface area (Å²) >= 11 is 1.31. The molecular formula is C22H17FN6O2S. The Bertz CT molecular complexity index is 1460. The number of thiazole rings is 1. The fraction of sp³-hybridized carbons (Fsp3) is 0.182. The first kappa shape index (κ1) is 18.9. The zero-order valence-electron chi connectivity index (χ0n) is 16.9. The lowest BCUT2D eigenvalue weighted by atomic mass is 10.00. The fourth-order valence-corrected chi connectivity index (χ4v) is 4.99. The van der Waals surface area contributed by atoms with E-state index in [1.54, 1.807) is 46.5 Å². The van der Waals surface area contributed by atoms with Gasteiger partial charge < -0.3 is 14.3 Å². The summed E-state index contributed by atoms with van der Waals surface area (Å²) in [7, 11) is 1.83. The molecule has 1 amide bonds. The van der Waals surface area contributed by atoms with Crippen molar-refractivity contribution in [3.63, 3.8) is 0 Å². The van der Waals surface area contributed by atoms with E-state index in [1.807, 2.05) is 13.2 Å². The topological polar surface area (TPSA) is 92.8 Å². The van der Waals surface area contributed by atoms with Crippen molar-refractivity contribution in [3.05, 3.63) is 77.0 Å². The van der Waals surface area contributed by atoms with Gasteiger partial charge in [0.05, 0.1) is 29.8 Å². The molecule has 0 saturated heterocycles. The lowest BCUT2D eigenvalue weighted by Crippen LogP contribution is -2.40. The van der Waals surface area contributed by atoms with Crippen LogP contribution in [-0.2, 0) is 13.5 Å². The highest BCUT2D eigenvalue weighted by Crippen LogP contribution is 2.38. The Balaban J connectivity index is 1.41. The lowest BCUT2D eigenvalue weighted by Gasteiger charge is -2.33. The van der Waals surface area contributed by atoms with Crippen LogP contribution in [0.2, 0.25) is 0 Å². The molecule has 0 spiro atoms. The summed E-state index contributed by atoms with van der Waals surface area (Å²) in [6.07, 6.45) is 7.42. The Morgan fingerprint density at radius 3 is 3.03 bits per heavy atom. The van der Waals surface area contributed by atoms with Gasteiger partial charge >= 0.3 is 0 Å². The van der Waals surface area contributed by atoms with E-state index in [0.717, 1.165) is 16.3 Å². The maximum atomic E-state index is 14.3. The lowest BCUT2D eigenvalue weighted by molar-refractivity contribution is 0.0677. The SMILES string of the molecule is Cn1cc(-c2ncc(C(=O)N3CCc4[nH]cnc4[C@H]3c3cc4c(F)cccc4o3)s2)cn1. The first-order chi connectivity index (χ1) is 15.6. The average Bonchev–Trinajstić information content (AvgIpc) is 3.57. The van der Waals surface area contributed by atoms with Gasteiger partial charge in [-0.15, -0.1) is 11.3 Å². The molecule has 0 aliphatic carbocycles. The largest absolute Gasteiger partial charge is 0.458 e. The molecule has 6 rings (SSSR count). The number of nitrogens with one attached hydrogen (secondary N) is 1. The molecule has 0 radical (unpaired) electrons. The first-order valence-electron chi connectivity index (χ1n) is 10.0. The van der Waals surface area contributed by atoms with Crippen LogP contribution in [0, 0.1) is 5.82 Å². The normalized spacial score (nSPS) is 15.9. The van der Waals surface area contributed by atoms with E-state index in [-0.39, 0.29) is 11.7 Å². The number of nitrogens with zero attached hydrogens (tertiary/aromatic N) is 5. The number of aryl methyl sites for hydroxylation is 1. The fourth-order valence-electron chi connectivity index (χ4n) is 4.14. The standard InChI is InChI=1S/C22H17FN6O2S/c1-28-10-12(8-27-28)21-24-9-18(32-21)22(30)29-6-5-15-19(26-11-25-15)20(29)17-7-13-14(23)3-2-4-16(13)31-17/h2-4,7-11,20H,5-6H2,1H3,(H,25,26)/t20-/m1/s1. The van der Waals surface area contributed by atoms with E-state index < -0.39 is 6.04 Å². The van der Waals surface area contributed by atoms with Gasteiger partial charge in [-0.3, -0.25) is 9.48 Å². The summed E-state index contributed by atoms with van der Waals surface area (Å²) in [5.74, 6) is -0.0577. The second-order valence-corrected chi connectivity index (χ2v) is 8.68. The predicted molar refractivity (Wildman–Crippen MR) is 116 cm³/mol. The van der Waals surface area contributed by atoms with Crippen molar-refractivity contribution in [3.8, 4) is 10.6 Å². The van der Waals surface area contributed by atoms with Crippen LogP contribution in [0.15, 0.2) is 53.6 Å². The third-order valence-corrected chi connectivity index (χ3v) is 6.69. The first-order valence-corrected chi connectivity index (χ1v) is 10.9. The van der Waals surface area contributed by atoms with Crippen LogP contribution in [0.1, 0.15) is 32.9 Å². The quantitative estimate of drug-likeness (QED) is 0.451. The van der Waals surface area contributed by atoms with Crippen LogP contribution < -0.4 is 0 Å². The Kier molecular flexibility index (Phi) is 4.22. The summed E-state index contributed by atoms with van der Waals surface area (Å²) < 4.78 is 22.0. The Labute approximate surface area is 185 Å². The van der Waals surface area contributed by atoms with Crippen molar-refractivity contribution in [1.29, 1.82) is 0 Å². The van der Waals surface area contributed by atoms with E-state index in [2.05, 4.69) is 20.1 Å². The van der Waals surface area contributed by atoms with Gasteiger partial charge in [0.1, 0.15) is 33.1 Å². The van der Waals surface area contributed by atoms with Crippen LogP contribution in [0.4, 0.5) is 4.39 Å². The van der Waals surface area contributed by atoms with E-state index in [0.29, 0.717) is 40.3 Å². The number of rotatable bonds is 3. The average molecular weight is 448 g/mol. The highest BCUT2D eigenvalue weighted by molar-refractivity contribution is 7.16. The number of imidazole rings is 1. The van der Waals surface area contributed by atoms with E-state index in [4.69, 9.17) is 4.42 Å². The molecule has 5 heterocycles. The number of benzene rings is 1. The molecule has 0 unspecified atom stereocenters. The highest BCUT2D eigenvalue weighted by atomic mass is 32.1. The van der Waals surface area contributed by atoms with Crippen molar-refractivity contribution >= 4 is 28.2 Å². The summed E-state index contributed by atoms with van der Waals surface area (Å²) in [4.78, 5) is 27.8. The number of aromatic amines is 1. The summed E-state index contributed by atoms with van der Waals surface area (Å²) in [6, 6.07) is 5.81. The van der Waals surface area contributed by atoms with Crippen LogP contribution in [0.25, 0.3) is 21.5 Å². The predicted octanol–water partition coefficient (Wildman–Crippen LogP) is 3.94. The van der Waals surface area contributed by atoms with Gasteiger partial charge in [0.2, 0.25) is 0 Å². The van der Waals surface area contributed by atoms with Gasteiger partial charge in [0.15, 0.2) is 0 Å².